The average molecular weight is 300 g/mol. The second kappa shape index (κ2) is 7.06. The fourth-order valence-corrected chi connectivity index (χ4v) is 5.03. The molecule has 2 atom stereocenters. The van der Waals surface area contributed by atoms with E-state index >= 15 is 0 Å². The van der Waals surface area contributed by atoms with Crippen LogP contribution in [0.2, 0.25) is 0 Å². The van der Waals surface area contributed by atoms with Crippen LogP contribution in [0.3, 0.4) is 0 Å². The smallest absolute Gasteiger partial charge is 0.150 e. The lowest BCUT2D eigenvalue weighted by Gasteiger charge is -2.28. The molecule has 0 bridgehead atoms. The van der Waals surface area contributed by atoms with Crippen LogP contribution in [0.4, 0.5) is 0 Å². The topological polar surface area (TPSA) is 51.2 Å². The van der Waals surface area contributed by atoms with Gasteiger partial charge in [-0.1, -0.05) is 38.5 Å². The number of ketones is 1. The molecule has 0 amide bonds. The molecule has 0 aromatic carbocycles. The molecular formula is C16H28O3S. The van der Waals surface area contributed by atoms with E-state index < -0.39 is 9.84 Å². The zero-order valence-corrected chi connectivity index (χ0v) is 13.5. The first-order valence-electron chi connectivity index (χ1n) is 8.18. The third kappa shape index (κ3) is 4.57. The van der Waals surface area contributed by atoms with Crippen LogP contribution in [-0.4, -0.2) is 25.7 Å². The molecule has 116 valence electrons. The van der Waals surface area contributed by atoms with Gasteiger partial charge in [0.05, 0.1) is 5.25 Å². The molecule has 2 aliphatic carbocycles. The second-order valence-electron chi connectivity index (χ2n) is 6.82. The van der Waals surface area contributed by atoms with Crippen molar-refractivity contribution in [3.8, 4) is 0 Å². The molecule has 2 unspecified atom stereocenters. The molecular weight excluding hydrogens is 272 g/mol. The van der Waals surface area contributed by atoms with E-state index in [9.17, 15) is 13.2 Å². The van der Waals surface area contributed by atoms with Crippen LogP contribution in [-0.2, 0) is 14.6 Å². The zero-order chi connectivity index (χ0) is 14.6. The standard InChI is InChI=1S/C16H28O3S/c1-20(18,19)15-9-5-8-14(12-15)16(17)11-10-13-6-3-2-4-7-13/h13-15H,2-12H2,1H3. The Balaban J connectivity index is 1.79. The monoisotopic (exact) mass is 300 g/mol. The summed E-state index contributed by atoms with van der Waals surface area (Å²) in [5.74, 6) is 1.07. The summed E-state index contributed by atoms with van der Waals surface area (Å²) in [7, 11) is -2.98. The van der Waals surface area contributed by atoms with Crippen LogP contribution in [0.15, 0.2) is 0 Å². The van der Waals surface area contributed by atoms with Crippen molar-refractivity contribution in [1.82, 2.24) is 0 Å². The van der Waals surface area contributed by atoms with Crippen molar-refractivity contribution in [3.05, 3.63) is 0 Å². The van der Waals surface area contributed by atoms with Crippen molar-refractivity contribution in [3.63, 3.8) is 0 Å². The van der Waals surface area contributed by atoms with Gasteiger partial charge in [-0.25, -0.2) is 8.42 Å². The first-order valence-corrected chi connectivity index (χ1v) is 10.1. The van der Waals surface area contributed by atoms with Gasteiger partial charge in [0.1, 0.15) is 15.6 Å². The zero-order valence-electron chi connectivity index (χ0n) is 12.6. The highest BCUT2D eigenvalue weighted by atomic mass is 32.2. The van der Waals surface area contributed by atoms with Gasteiger partial charge in [-0.05, 0) is 31.6 Å². The lowest BCUT2D eigenvalue weighted by atomic mass is 9.81. The first kappa shape index (κ1) is 16.0. The molecule has 0 radical (unpaired) electrons. The predicted molar refractivity (Wildman–Crippen MR) is 81.4 cm³/mol. The van der Waals surface area contributed by atoms with E-state index in [1.54, 1.807) is 0 Å². The predicted octanol–water partition coefficient (Wildman–Crippen LogP) is 3.52. The van der Waals surface area contributed by atoms with Gasteiger partial charge in [-0.2, -0.15) is 0 Å². The van der Waals surface area contributed by atoms with E-state index in [1.165, 1.54) is 38.4 Å². The Bertz CT molecular complexity index is 421. The molecule has 0 heterocycles. The number of carbonyl (C=O) groups is 1. The van der Waals surface area contributed by atoms with Crippen molar-refractivity contribution in [2.45, 2.75) is 75.9 Å². The van der Waals surface area contributed by atoms with Gasteiger partial charge in [0, 0.05) is 18.6 Å². The molecule has 2 saturated carbocycles. The molecule has 4 heteroatoms. The third-order valence-electron chi connectivity index (χ3n) is 5.21. The Kier molecular flexibility index (Phi) is 5.65. The highest BCUT2D eigenvalue weighted by Gasteiger charge is 2.32. The fourth-order valence-electron chi connectivity index (χ4n) is 3.85. The maximum absolute atomic E-state index is 12.3. The third-order valence-corrected chi connectivity index (χ3v) is 6.85. The molecule has 2 fully saturated rings. The summed E-state index contributed by atoms with van der Waals surface area (Å²) < 4.78 is 23.3. The minimum atomic E-state index is -2.98. The van der Waals surface area contributed by atoms with E-state index in [0.717, 1.165) is 31.6 Å². The molecule has 3 nitrogen and oxygen atoms in total. The van der Waals surface area contributed by atoms with Crippen molar-refractivity contribution >= 4 is 15.6 Å². The molecule has 0 aromatic heterocycles. The Hall–Kier alpha value is -0.380. The maximum Gasteiger partial charge on any atom is 0.150 e. The Morgan fingerprint density at radius 1 is 1.00 bits per heavy atom. The molecule has 0 spiro atoms. The molecule has 0 aliphatic heterocycles. The minimum absolute atomic E-state index is 0.00654. The van der Waals surface area contributed by atoms with Gasteiger partial charge in [0.25, 0.3) is 0 Å². The minimum Gasteiger partial charge on any atom is -0.299 e. The summed E-state index contributed by atoms with van der Waals surface area (Å²) in [6.07, 6.45) is 12.7. The van der Waals surface area contributed by atoms with Crippen molar-refractivity contribution in [1.29, 1.82) is 0 Å². The molecule has 0 aromatic rings. The Morgan fingerprint density at radius 3 is 2.35 bits per heavy atom. The summed E-state index contributed by atoms with van der Waals surface area (Å²) >= 11 is 0. The average Bonchev–Trinajstić information content (AvgIpc) is 2.45. The summed E-state index contributed by atoms with van der Waals surface area (Å²) in [5.41, 5.74) is 0. The van der Waals surface area contributed by atoms with Gasteiger partial charge in [0.15, 0.2) is 0 Å². The Labute approximate surface area is 123 Å². The highest BCUT2D eigenvalue weighted by Crippen LogP contribution is 2.32. The molecule has 0 saturated heterocycles. The van der Waals surface area contributed by atoms with Crippen LogP contribution in [0.5, 0.6) is 0 Å². The Morgan fingerprint density at radius 2 is 1.70 bits per heavy atom. The lowest BCUT2D eigenvalue weighted by Crippen LogP contribution is -2.31. The van der Waals surface area contributed by atoms with Crippen LogP contribution < -0.4 is 0 Å². The largest absolute Gasteiger partial charge is 0.299 e. The fraction of sp³-hybridized carbons (Fsp3) is 0.938. The summed E-state index contributed by atoms with van der Waals surface area (Å²) in [5, 5.41) is -0.278. The van der Waals surface area contributed by atoms with Crippen molar-refractivity contribution in [2.75, 3.05) is 6.26 Å². The quantitative estimate of drug-likeness (QED) is 0.780. The highest BCUT2D eigenvalue weighted by molar-refractivity contribution is 7.91. The normalized spacial score (nSPS) is 29.2. The number of Topliss-reactive ketones (excluding diaryl/α,β-unsaturated/α-hetero) is 1. The van der Waals surface area contributed by atoms with E-state index in [-0.39, 0.29) is 11.2 Å². The molecule has 0 N–H and O–H groups in total. The van der Waals surface area contributed by atoms with Gasteiger partial charge in [-0.15, -0.1) is 0 Å². The summed E-state index contributed by atoms with van der Waals surface area (Å²) in [4.78, 5) is 12.3. The van der Waals surface area contributed by atoms with Gasteiger partial charge in [0.2, 0.25) is 0 Å². The number of hydrogen-bond acceptors (Lipinski definition) is 3. The number of rotatable bonds is 5. The van der Waals surface area contributed by atoms with Gasteiger partial charge >= 0.3 is 0 Å². The summed E-state index contributed by atoms with van der Waals surface area (Å²) in [6, 6.07) is 0. The number of carbonyl (C=O) groups excluding carboxylic acids is 1. The van der Waals surface area contributed by atoms with Crippen molar-refractivity contribution < 1.29 is 13.2 Å². The summed E-state index contributed by atoms with van der Waals surface area (Å²) in [6.45, 7) is 0. The van der Waals surface area contributed by atoms with E-state index in [2.05, 4.69) is 0 Å². The van der Waals surface area contributed by atoms with Crippen LogP contribution in [0.25, 0.3) is 0 Å². The second-order valence-corrected chi connectivity index (χ2v) is 9.15. The number of sulfone groups is 1. The van der Waals surface area contributed by atoms with E-state index in [4.69, 9.17) is 0 Å². The van der Waals surface area contributed by atoms with Gasteiger partial charge in [-0.3, -0.25) is 4.79 Å². The number of hydrogen-bond donors (Lipinski definition) is 0. The first-order chi connectivity index (χ1) is 9.47. The lowest BCUT2D eigenvalue weighted by molar-refractivity contribution is -0.124. The SMILES string of the molecule is CS(=O)(=O)C1CCCC(C(=O)CCC2CCCCC2)C1. The molecule has 2 aliphatic rings. The maximum atomic E-state index is 12.3. The van der Waals surface area contributed by atoms with Crippen LogP contribution >= 0.6 is 0 Å². The van der Waals surface area contributed by atoms with Gasteiger partial charge < -0.3 is 0 Å². The van der Waals surface area contributed by atoms with E-state index in [1.807, 2.05) is 0 Å². The molecule has 2 rings (SSSR count). The van der Waals surface area contributed by atoms with Crippen LogP contribution in [0, 0.1) is 11.8 Å². The van der Waals surface area contributed by atoms with E-state index in [0.29, 0.717) is 18.6 Å². The van der Waals surface area contributed by atoms with Crippen LogP contribution in [0.1, 0.15) is 70.6 Å². The molecule has 20 heavy (non-hydrogen) atoms. The van der Waals surface area contributed by atoms with Crippen molar-refractivity contribution in [2.24, 2.45) is 11.8 Å².